The van der Waals surface area contributed by atoms with Gasteiger partial charge in [0.2, 0.25) is 0 Å². The van der Waals surface area contributed by atoms with Crippen molar-refractivity contribution in [3.63, 3.8) is 0 Å². The van der Waals surface area contributed by atoms with Crippen LogP contribution in [0.15, 0.2) is 24.4 Å². The monoisotopic (exact) mass is 346 g/mol. The number of hydrogen-bond acceptors (Lipinski definition) is 6. The molecule has 1 fully saturated rings. The minimum Gasteiger partial charge on any atom is -0.467 e. The maximum absolute atomic E-state index is 12.5. The highest BCUT2D eigenvalue weighted by Gasteiger charge is 2.23. The van der Waals surface area contributed by atoms with E-state index in [1.54, 1.807) is 12.3 Å². The third-order valence-electron chi connectivity index (χ3n) is 4.14. The zero-order valence-electron chi connectivity index (χ0n) is 14.1. The first-order chi connectivity index (χ1) is 11.7. The van der Waals surface area contributed by atoms with Gasteiger partial charge in [-0.3, -0.25) is 9.69 Å². The number of piperazine rings is 1. The van der Waals surface area contributed by atoms with Gasteiger partial charge < -0.3 is 9.64 Å². The normalized spacial score (nSPS) is 15.5. The number of hydrogen-bond donors (Lipinski definition) is 0. The predicted molar refractivity (Wildman–Crippen MR) is 93.5 cm³/mol. The van der Waals surface area contributed by atoms with E-state index in [9.17, 15) is 4.79 Å². The Kier molecular flexibility index (Phi) is 5.42. The Morgan fingerprint density at radius 3 is 2.62 bits per heavy atom. The van der Waals surface area contributed by atoms with Gasteiger partial charge in [-0.25, -0.2) is 4.98 Å². The molecule has 128 valence electrons. The molecule has 3 rings (SSSR count). The second-order valence-electron chi connectivity index (χ2n) is 5.72. The smallest absolute Gasteiger partial charge is 0.316 e. The van der Waals surface area contributed by atoms with E-state index in [0.29, 0.717) is 5.69 Å². The molecular weight excluding hydrogens is 324 g/mol. The number of thiophene rings is 1. The van der Waals surface area contributed by atoms with Gasteiger partial charge in [-0.15, -0.1) is 11.3 Å². The van der Waals surface area contributed by atoms with Gasteiger partial charge in [-0.2, -0.15) is 4.98 Å². The third kappa shape index (κ3) is 3.91. The maximum atomic E-state index is 12.5. The van der Waals surface area contributed by atoms with E-state index in [2.05, 4.69) is 33.9 Å². The molecule has 1 aliphatic rings. The average Bonchev–Trinajstić information content (AvgIpc) is 3.09. The molecule has 0 aromatic carbocycles. The summed E-state index contributed by atoms with van der Waals surface area (Å²) in [6.45, 7) is 6.35. The minimum atomic E-state index is -0.0558. The van der Waals surface area contributed by atoms with Crippen LogP contribution in [0.5, 0.6) is 6.01 Å². The molecule has 0 radical (unpaired) electrons. The van der Waals surface area contributed by atoms with Gasteiger partial charge in [0.1, 0.15) is 5.69 Å². The molecule has 3 heterocycles. The van der Waals surface area contributed by atoms with E-state index < -0.39 is 0 Å². The molecule has 1 amide bonds. The van der Waals surface area contributed by atoms with Crippen LogP contribution in [0.1, 0.15) is 27.2 Å². The fraction of sp³-hybridized carbons (Fsp3) is 0.471. The van der Waals surface area contributed by atoms with Gasteiger partial charge in [-0.1, -0.05) is 6.92 Å². The highest BCUT2D eigenvalue weighted by Crippen LogP contribution is 2.19. The first-order valence-electron chi connectivity index (χ1n) is 8.16. The quantitative estimate of drug-likeness (QED) is 0.829. The predicted octanol–water partition coefficient (Wildman–Crippen LogP) is 2.07. The first-order valence-corrected chi connectivity index (χ1v) is 8.97. The lowest BCUT2D eigenvalue weighted by atomic mass is 10.2. The number of aromatic nitrogens is 2. The lowest BCUT2D eigenvalue weighted by Gasteiger charge is -2.34. The summed E-state index contributed by atoms with van der Waals surface area (Å²) in [5.74, 6) is -0.0558. The van der Waals surface area contributed by atoms with Crippen LogP contribution in [0.4, 0.5) is 0 Å². The van der Waals surface area contributed by atoms with Gasteiger partial charge >= 0.3 is 6.01 Å². The van der Waals surface area contributed by atoms with Crippen molar-refractivity contribution in [2.24, 2.45) is 0 Å². The molecule has 1 saturated heterocycles. The lowest BCUT2D eigenvalue weighted by Crippen LogP contribution is -2.48. The van der Waals surface area contributed by atoms with Crippen LogP contribution in [-0.2, 0) is 13.0 Å². The second kappa shape index (κ2) is 7.72. The van der Waals surface area contributed by atoms with Crippen LogP contribution in [0, 0.1) is 0 Å². The summed E-state index contributed by atoms with van der Waals surface area (Å²) >= 11 is 1.88. The SMILES string of the molecule is CCc1ccc(CN2CCN(C(=O)c3ccnc(OC)n3)CC2)s1. The molecule has 0 unspecified atom stereocenters. The summed E-state index contributed by atoms with van der Waals surface area (Å²) in [4.78, 5) is 27.7. The summed E-state index contributed by atoms with van der Waals surface area (Å²) in [5, 5.41) is 0. The molecule has 0 saturated carbocycles. The van der Waals surface area contributed by atoms with Gasteiger partial charge in [0.25, 0.3) is 5.91 Å². The van der Waals surface area contributed by atoms with Crippen LogP contribution in [0.25, 0.3) is 0 Å². The summed E-state index contributed by atoms with van der Waals surface area (Å²) in [6, 6.07) is 6.29. The van der Waals surface area contributed by atoms with Gasteiger partial charge in [0.15, 0.2) is 0 Å². The Morgan fingerprint density at radius 1 is 1.21 bits per heavy atom. The van der Waals surface area contributed by atoms with Crippen molar-refractivity contribution in [1.82, 2.24) is 19.8 Å². The van der Waals surface area contributed by atoms with E-state index in [1.807, 2.05) is 16.2 Å². The topological polar surface area (TPSA) is 58.6 Å². The highest BCUT2D eigenvalue weighted by molar-refractivity contribution is 7.11. The summed E-state index contributed by atoms with van der Waals surface area (Å²) in [5.41, 5.74) is 0.390. The molecule has 6 nitrogen and oxygen atoms in total. The third-order valence-corrected chi connectivity index (χ3v) is 5.35. The Balaban J connectivity index is 1.55. The second-order valence-corrected chi connectivity index (χ2v) is 6.97. The Labute approximate surface area is 146 Å². The van der Waals surface area contributed by atoms with Crippen LogP contribution in [-0.4, -0.2) is 59.0 Å². The van der Waals surface area contributed by atoms with E-state index >= 15 is 0 Å². The molecule has 2 aromatic rings. The van der Waals surface area contributed by atoms with E-state index in [0.717, 1.165) is 39.1 Å². The number of carbonyl (C=O) groups is 1. The van der Waals surface area contributed by atoms with Gasteiger partial charge in [-0.05, 0) is 24.6 Å². The van der Waals surface area contributed by atoms with Gasteiger partial charge in [0.05, 0.1) is 7.11 Å². The fourth-order valence-corrected chi connectivity index (χ4v) is 3.75. The van der Waals surface area contributed by atoms with Crippen molar-refractivity contribution in [2.45, 2.75) is 19.9 Å². The van der Waals surface area contributed by atoms with E-state index in [-0.39, 0.29) is 11.9 Å². The number of methoxy groups -OCH3 is 1. The summed E-state index contributed by atoms with van der Waals surface area (Å²) in [7, 11) is 1.50. The first kappa shape index (κ1) is 16.9. The Bertz CT molecular complexity index is 695. The zero-order valence-corrected chi connectivity index (χ0v) is 14.9. The largest absolute Gasteiger partial charge is 0.467 e. The van der Waals surface area contributed by atoms with Crippen molar-refractivity contribution < 1.29 is 9.53 Å². The number of carbonyl (C=O) groups excluding carboxylic acids is 1. The minimum absolute atomic E-state index is 0.0558. The van der Waals surface area contributed by atoms with E-state index in [4.69, 9.17) is 4.74 Å². The molecule has 2 aromatic heterocycles. The van der Waals surface area contributed by atoms with Crippen LogP contribution >= 0.6 is 11.3 Å². The number of nitrogens with zero attached hydrogens (tertiary/aromatic N) is 4. The van der Waals surface area contributed by atoms with Gasteiger partial charge in [0, 0.05) is 48.7 Å². The van der Waals surface area contributed by atoms with Crippen molar-refractivity contribution >= 4 is 17.2 Å². The van der Waals surface area contributed by atoms with Crippen LogP contribution in [0.2, 0.25) is 0 Å². The fourth-order valence-electron chi connectivity index (χ4n) is 2.75. The molecule has 0 aliphatic carbocycles. The lowest BCUT2D eigenvalue weighted by molar-refractivity contribution is 0.0622. The molecule has 0 atom stereocenters. The van der Waals surface area contributed by atoms with Crippen molar-refractivity contribution in [1.29, 1.82) is 0 Å². The van der Waals surface area contributed by atoms with E-state index in [1.165, 1.54) is 16.9 Å². The van der Waals surface area contributed by atoms with Crippen molar-refractivity contribution in [2.75, 3.05) is 33.3 Å². The number of ether oxygens (including phenoxy) is 1. The standard InChI is InChI=1S/C17H22N4O2S/c1-3-13-4-5-14(24-13)12-20-8-10-21(11-9-20)16(22)15-6-7-18-17(19-15)23-2/h4-7H,3,8-12H2,1-2H3. The number of rotatable bonds is 5. The highest BCUT2D eigenvalue weighted by atomic mass is 32.1. The molecule has 0 N–H and O–H groups in total. The summed E-state index contributed by atoms with van der Waals surface area (Å²) in [6.07, 6.45) is 2.65. The van der Waals surface area contributed by atoms with Crippen LogP contribution in [0.3, 0.4) is 0 Å². The zero-order chi connectivity index (χ0) is 16.9. The summed E-state index contributed by atoms with van der Waals surface area (Å²) < 4.78 is 4.99. The van der Waals surface area contributed by atoms with Crippen molar-refractivity contribution in [3.05, 3.63) is 39.8 Å². The molecular formula is C17H22N4O2S. The maximum Gasteiger partial charge on any atom is 0.316 e. The van der Waals surface area contributed by atoms with Crippen molar-refractivity contribution in [3.8, 4) is 6.01 Å². The molecule has 24 heavy (non-hydrogen) atoms. The molecule has 7 heteroatoms. The molecule has 0 spiro atoms. The Hall–Kier alpha value is -1.99. The molecule has 1 aliphatic heterocycles. The molecule has 0 bridgehead atoms. The number of aryl methyl sites for hydroxylation is 1. The number of amides is 1. The van der Waals surface area contributed by atoms with Crippen LogP contribution < -0.4 is 4.74 Å². The Morgan fingerprint density at radius 2 is 1.96 bits per heavy atom. The average molecular weight is 346 g/mol.